The lowest BCUT2D eigenvalue weighted by Gasteiger charge is -2.25. The third kappa shape index (κ3) is 13.4. The maximum atomic E-state index is 13.5. The molecular formula is C32H43Cl2FN2O5. The number of carbonyl (C=O) groups is 3. The van der Waals surface area contributed by atoms with E-state index in [4.69, 9.17) is 32.7 Å². The molecule has 0 aliphatic heterocycles. The van der Waals surface area contributed by atoms with Gasteiger partial charge in [0.05, 0.1) is 6.61 Å². The number of hydrogen-bond acceptors (Lipinski definition) is 5. The Bertz CT molecular complexity index is 1120. The zero-order chi connectivity index (χ0) is 31.1. The summed E-state index contributed by atoms with van der Waals surface area (Å²) in [6.45, 7) is 6.97. The Labute approximate surface area is 258 Å². The van der Waals surface area contributed by atoms with E-state index >= 15 is 0 Å². The molecule has 0 heterocycles. The number of benzene rings is 2. The molecule has 7 nitrogen and oxygen atoms in total. The molecular weight excluding hydrogens is 582 g/mol. The molecule has 0 aliphatic rings. The molecule has 0 aliphatic carbocycles. The van der Waals surface area contributed by atoms with E-state index in [0.717, 1.165) is 36.8 Å². The molecule has 2 aromatic carbocycles. The van der Waals surface area contributed by atoms with Crippen LogP contribution in [0.2, 0.25) is 0 Å². The third-order valence-electron chi connectivity index (χ3n) is 6.59. The average molecular weight is 626 g/mol. The van der Waals surface area contributed by atoms with Crippen LogP contribution in [0.3, 0.4) is 0 Å². The number of amides is 2. The van der Waals surface area contributed by atoms with E-state index in [1.54, 1.807) is 39.8 Å². The van der Waals surface area contributed by atoms with Gasteiger partial charge in [-0.3, -0.25) is 4.79 Å². The average Bonchev–Trinajstić information content (AvgIpc) is 2.92. The van der Waals surface area contributed by atoms with E-state index in [9.17, 15) is 18.8 Å². The molecule has 2 N–H and O–H groups in total. The fourth-order valence-corrected chi connectivity index (χ4v) is 5.03. The second-order valence-corrected chi connectivity index (χ2v) is 12.0. The molecule has 0 radical (unpaired) electrons. The summed E-state index contributed by atoms with van der Waals surface area (Å²) in [5, 5.41) is 5.37. The van der Waals surface area contributed by atoms with Gasteiger partial charge in [0.25, 0.3) is 0 Å². The minimum atomic E-state index is -1.04. The Morgan fingerprint density at radius 2 is 1.33 bits per heavy atom. The number of aryl methyl sites for hydroxylation is 1. The number of hydrogen-bond donors (Lipinski definition) is 2. The van der Waals surface area contributed by atoms with Crippen molar-refractivity contribution in [1.82, 2.24) is 10.6 Å². The van der Waals surface area contributed by atoms with Gasteiger partial charge in [-0.05, 0) is 88.1 Å². The van der Waals surface area contributed by atoms with Gasteiger partial charge >= 0.3 is 12.1 Å². The first kappa shape index (κ1) is 35.4. The van der Waals surface area contributed by atoms with Gasteiger partial charge in [0.1, 0.15) is 23.5 Å². The topological polar surface area (TPSA) is 93.7 Å². The van der Waals surface area contributed by atoms with Crippen molar-refractivity contribution in [2.75, 3.05) is 18.4 Å². The number of alkyl carbamates (subject to hydrolysis) is 1. The van der Waals surface area contributed by atoms with Crippen molar-refractivity contribution in [2.24, 2.45) is 5.92 Å². The highest BCUT2D eigenvalue weighted by molar-refractivity contribution is 6.18. The Morgan fingerprint density at radius 3 is 1.86 bits per heavy atom. The summed E-state index contributed by atoms with van der Waals surface area (Å²) in [5.74, 6) is 0.0687. The lowest BCUT2D eigenvalue weighted by Crippen LogP contribution is -2.54. The Hall–Kier alpha value is -2.84. The highest BCUT2D eigenvalue weighted by atomic mass is 35.5. The van der Waals surface area contributed by atoms with Crippen molar-refractivity contribution in [3.63, 3.8) is 0 Å². The second kappa shape index (κ2) is 18.0. The summed E-state index contributed by atoms with van der Waals surface area (Å²) < 4.78 is 24.0. The first-order valence-electron chi connectivity index (χ1n) is 14.3. The van der Waals surface area contributed by atoms with Crippen LogP contribution in [-0.4, -0.2) is 54.0 Å². The molecule has 0 unspecified atom stereocenters. The van der Waals surface area contributed by atoms with Crippen molar-refractivity contribution in [2.45, 2.75) is 83.9 Å². The van der Waals surface area contributed by atoms with E-state index in [1.165, 1.54) is 12.1 Å². The Balaban J connectivity index is 2.20. The normalized spacial score (nSPS) is 12.9. The predicted molar refractivity (Wildman–Crippen MR) is 164 cm³/mol. The minimum Gasteiger partial charge on any atom is -0.464 e. The summed E-state index contributed by atoms with van der Waals surface area (Å²) in [5.41, 5.74) is 1.84. The summed E-state index contributed by atoms with van der Waals surface area (Å²) >= 11 is 11.9. The summed E-state index contributed by atoms with van der Waals surface area (Å²) in [6.07, 6.45) is 3.21. The molecule has 0 aromatic heterocycles. The monoisotopic (exact) mass is 624 g/mol. The van der Waals surface area contributed by atoms with Crippen LogP contribution in [0.4, 0.5) is 9.18 Å². The third-order valence-corrected chi connectivity index (χ3v) is 7.02. The number of alkyl halides is 2. The van der Waals surface area contributed by atoms with Gasteiger partial charge in [0.2, 0.25) is 5.91 Å². The fourth-order valence-electron chi connectivity index (χ4n) is 4.41. The van der Waals surface area contributed by atoms with E-state index in [2.05, 4.69) is 10.6 Å². The largest absolute Gasteiger partial charge is 0.464 e. The molecule has 2 atom stereocenters. The van der Waals surface area contributed by atoms with Crippen LogP contribution < -0.4 is 10.6 Å². The standard InChI is InChI=1S/C32H43Cl2FN2O5/c1-5-41-30(39)28(21-25-12-14-26(35)15-13-25)36-29(38)27(37-31(40)42-32(2,3)4)20-24-10-8-22(9-11-24)6-7-23(16-18-33)17-19-34/h8-15,23,27-28H,5-7,16-21H2,1-4H3,(H,36,38)(H,37,40)/t27-,28-/m0/s1. The van der Waals surface area contributed by atoms with Crippen LogP contribution in [0.15, 0.2) is 48.5 Å². The van der Waals surface area contributed by atoms with Crippen LogP contribution >= 0.6 is 23.2 Å². The number of rotatable bonds is 16. The van der Waals surface area contributed by atoms with Crippen LogP contribution in [0.5, 0.6) is 0 Å². The van der Waals surface area contributed by atoms with Crippen LogP contribution in [0.1, 0.15) is 63.6 Å². The fraction of sp³-hybridized carbons (Fsp3) is 0.531. The highest BCUT2D eigenvalue weighted by Gasteiger charge is 2.29. The molecule has 10 heteroatoms. The summed E-state index contributed by atoms with van der Waals surface area (Å²) in [4.78, 5) is 38.9. The predicted octanol–water partition coefficient (Wildman–Crippen LogP) is 6.36. The number of nitrogens with one attached hydrogen (secondary N) is 2. The Kier molecular flexibility index (Phi) is 15.1. The summed E-state index contributed by atoms with van der Waals surface area (Å²) in [7, 11) is 0. The smallest absolute Gasteiger partial charge is 0.408 e. The van der Waals surface area contributed by atoms with Gasteiger partial charge in [-0.15, -0.1) is 23.2 Å². The van der Waals surface area contributed by atoms with Crippen LogP contribution in [0, 0.1) is 11.7 Å². The molecule has 0 saturated heterocycles. The molecule has 0 spiro atoms. The number of ether oxygens (including phenoxy) is 2. The van der Waals surface area contributed by atoms with Gasteiger partial charge in [-0.25, -0.2) is 14.0 Å². The summed E-state index contributed by atoms with van der Waals surface area (Å²) in [6, 6.07) is 11.4. The van der Waals surface area contributed by atoms with E-state index in [0.29, 0.717) is 23.2 Å². The first-order chi connectivity index (χ1) is 19.9. The number of esters is 1. The maximum Gasteiger partial charge on any atom is 0.408 e. The molecule has 2 amide bonds. The minimum absolute atomic E-state index is 0.0904. The van der Waals surface area contributed by atoms with Crippen molar-refractivity contribution < 1.29 is 28.2 Å². The zero-order valence-electron chi connectivity index (χ0n) is 24.9. The molecule has 0 saturated carbocycles. The lowest BCUT2D eigenvalue weighted by molar-refractivity contribution is -0.147. The van der Waals surface area contributed by atoms with Crippen LogP contribution in [-0.2, 0) is 38.3 Å². The zero-order valence-corrected chi connectivity index (χ0v) is 26.4. The number of halogens is 3. The van der Waals surface area contributed by atoms with Gasteiger partial charge in [0.15, 0.2) is 0 Å². The molecule has 0 fully saturated rings. The van der Waals surface area contributed by atoms with Gasteiger partial charge in [-0.2, -0.15) is 0 Å². The molecule has 2 rings (SSSR count). The molecule has 42 heavy (non-hydrogen) atoms. The first-order valence-corrected chi connectivity index (χ1v) is 15.4. The molecule has 0 bridgehead atoms. The van der Waals surface area contributed by atoms with Gasteiger partial charge in [-0.1, -0.05) is 36.4 Å². The number of carbonyl (C=O) groups excluding carboxylic acids is 3. The van der Waals surface area contributed by atoms with E-state index < -0.39 is 41.5 Å². The van der Waals surface area contributed by atoms with E-state index in [1.807, 2.05) is 24.3 Å². The van der Waals surface area contributed by atoms with Gasteiger partial charge in [0, 0.05) is 24.6 Å². The highest BCUT2D eigenvalue weighted by Crippen LogP contribution is 2.19. The van der Waals surface area contributed by atoms with Crippen molar-refractivity contribution in [1.29, 1.82) is 0 Å². The SMILES string of the molecule is CCOC(=O)[C@H](Cc1ccc(F)cc1)NC(=O)[C@H](Cc1ccc(CCC(CCCl)CCCl)cc1)NC(=O)OC(C)(C)C. The molecule has 232 valence electrons. The lowest BCUT2D eigenvalue weighted by atomic mass is 9.94. The van der Waals surface area contributed by atoms with Crippen molar-refractivity contribution in [3.05, 3.63) is 71.0 Å². The maximum absolute atomic E-state index is 13.5. The van der Waals surface area contributed by atoms with E-state index in [-0.39, 0.29) is 19.4 Å². The van der Waals surface area contributed by atoms with Crippen molar-refractivity contribution in [3.8, 4) is 0 Å². The Morgan fingerprint density at radius 1 is 0.810 bits per heavy atom. The second-order valence-electron chi connectivity index (χ2n) is 11.2. The molecule has 2 aromatic rings. The van der Waals surface area contributed by atoms with Gasteiger partial charge < -0.3 is 20.1 Å². The van der Waals surface area contributed by atoms with Crippen molar-refractivity contribution >= 4 is 41.2 Å². The quantitative estimate of drug-likeness (QED) is 0.167. The van der Waals surface area contributed by atoms with Crippen LogP contribution in [0.25, 0.3) is 0 Å².